The summed E-state index contributed by atoms with van der Waals surface area (Å²) in [7, 11) is 1.58. The lowest BCUT2D eigenvalue weighted by Crippen LogP contribution is -2.35. The van der Waals surface area contributed by atoms with Crippen molar-refractivity contribution in [3.63, 3.8) is 0 Å². The van der Waals surface area contributed by atoms with Gasteiger partial charge in [0.15, 0.2) is 11.0 Å². The van der Waals surface area contributed by atoms with Crippen molar-refractivity contribution >= 4 is 46.7 Å². The van der Waals surface area contributed by atoms with Crippen LogP contribution in [0.5, 0.6) is 5.75 Å². The summed E-state index contributed by atoms with van der Waals surface area (Å²) in [5.41, 5.74) is 3.43. The number of carbonyl (C=O) groups excluding carboxylic acids is 1. The smallest absolute Gasteiger partial charge is 0.319 e. The quantitative estimate of drug-likeness (QED) is 0.158. The van der Waals surface area contributed by atoms with Crippen LogP contribution in [-0.4, -0.2) is 27.9 Å². The van der Waals surface area contributed by atoms with Gasteiger partial charge < -0.3 is 15.4 Å². The minimum absolute atomic E-state index is 0.394. The van der Waals surface area contributed by atoms with Gasteiger partial charge in [-0.25, -0.2) is 4.79 Å². The summed E-state index contributed by atoms with van der Waals surface area (Å²) >= 11 is 14.5. The molecular weight excluding hydrogens is 577 g/mol. The van der Waals surface area contributed by atoms with Gasteiger partial charge in [-0.2, -0.15) is 0 Å². The monoisotopic (exact) mass is 603 g/mol. The van der Waals surface area contributed by atoms with Gasteiger partial charge in [0.05, 0.1) is 23.9 Å². The van der Waals surface area contributed by atoms with E-state index in [4.69, 9.17) is 27.9 Å². The predicted molar refractivity (Wildman–Crippen MR) is 165 cm³/mol. The Kier molecular flexibility index (Phi) is 9.46. The molecule has 1 unspecified atom stereocenters. The van der Waals surface area contributed by atoms with Gasteiger partial charge >= 0.3 is 6.03 Å². The van der Waals surface area contributed by atoms with E-state index in [9.17, 15) is 4.79 Å². The molecule has 0 bridgehead atoms. The van der Waals surface area contributed by atoms with Gasteiger partial charge in [0.25, 0.3) is 0 Å². The first kappa shape index (κ1) is 28.5. The number of methoxy groups -OCH3 is 1. The molecule has 5 rings (SSSR count). The van der Waals surface area contributed by atoms with E-state index < -0.39 is 12.1 Å². The van der Waals surface area contributed by atoms with Crippen molar-refractivity contribution in [2.75, 3.05) is 12.4 Å². The van der Waals surface area contributed by atoms with Gasteiger partial charge in [0.1, 0.15) is 5.75 Å². The molecule has 2 N–H and O–H groups in total. The van der Waals surface area contributed by atoms with Crippen LogP contribution in [0.4, 0.5) is 10.5 Å². The highest BCUT2D eigenvalue weighted by Gasteiger charge is 2.26. The summed E-state index contributed by atoms with van der Waals surface area (Å²) in [6.07, 6.45) is 0.471. The number of nitrogens with one attached hydrogen (secondary N) is 2. The number of benzene rings is 4. The van der Waals surface area contributed by atoms with Crippen molar-refractivity contribution in [2.24, 2.45) is 0 Å². The van der Waals surface area contributed by atoms with Crippen LogP contribution in [0.3, 0.4) is 0 Å². The van der Waals surface area contributed by atoms with Gasteiger partial charge in [-0.05, 0) is 41.5 Å². The lowest BCUT2D eigenvalue weighted by molar-refractivity contribution is 0.247. The Labute approximate surface area is 252 Å². The molecule has 1 aromatic heterocycles. The average Bonchev–Trinajstić information content (AvgIpc) is 3.40. The van der Waals surface area contributed by atoms with E-state index in [0.29, 0.717) is 50.3 Å². The average molecular weight is 605 g/mol. The minimum atomic E-state index is -0.548. The topological polar surface area (TPSA) is 81.1 Å². The summed E-state index contributed by atoms with van der Waals surface area (Å²) in [4.78, 5) is 13.3. The number of amides is 2. The fraction of sp³-hybridized carbons (Fsp3) is 0.129. The van der Waals surface area contributed by atoms with Crippen LogP contribution in [-0.2, 0) is 12.2 Å². The molecule has 0 aliphatic carbocycles. The second-order valence-electron chi connectivity index (χ2n) is 9.12. The normalized spacial score (nSPS) is 11.6. The van der Waals surface area contributed by atoms with Crippen LogP contribution >= 0.6 is 35.0 Å². The van der Waals surface area contributed by atoms with Crippen molar-refractivity contribution in [3.05, 3.63) is 130 Å². The molecule has 0 spiro atoms. The number of hydrogen-bond acceptors (Lipinski definition) is 5. The lowest BCUT2D eigenvalue weighted by atomic mass is 10.1. The molecule has 0 aliphatic rings. The zero-order chi connectivity index (χ0) is 28.6. The Hall–Kier alpha value is -3.98. The van der Waals surface area contributed by atoms with Crippen LogP contribution in [0.15, 0.2) is 108 Å². The second-order valence-corrected chi connectivity index (χ2v) is 10.9. The van der Waals surface area contributed by atoms with Crippen molar-refractivity contribution < 1.29 is 9.53 Å². The molecule has 10 heteroatoms. The first-order valence-electron chi connectivity index (χ1n) is 12.8. The number of anilines is 1. The van der Waals surface area contributed by atoms with E-state index in [2.05, 4.69) is 33.0 Å². The van der Waals surface area contributed by atoms with Crippen molar-refractivity contribution in [1.82, 2.24) is 20.1 Å². The standard InChI is InChI=1S/C31H27Cl2N5O2S/c1-40-25-14-8-13-24(19-25)34-30(39)35-27(17-21-9-4-2-5-10-21)29-36-37-31(41-20-22-11-6-3-7-12-22)38(29)28-16-15-23(32)18-26(28)33/h2-16,18-19,27H,17,20H2,1H3,(H2,34,35,39). The van der Waals surface area contributed by atoms with E-state index in [1.807, 2.05) is 71.3 Å². The van der Waals surface area contributed by atoms with Gasteiger partial charge in [0.2, 0.25) is 0 Å². The number of nitrogens with zero attached hydrogens (tertiary/aromatic N) is 3. The first-order chi connectivity index (χ1) is 20.0. The maximum absolute atomic E-state index is 13.3. The third-order valence-corrected chi connectivity index (χ3v) is 7.78. The van der Waals surface area contributed by atoms with Gasteiger partial charge in [-0.1, -0.05) is 102 Å². The van der Waals surface area contributed by atoms with Gasteiger partial charge in [-0.3, -0.25) is 4.57 Å². The first-order valence-corrected chi connectivity index (χ1v) is 14.6. The number of thioether (sulfide) groups is 1. The van der Waals surface area contributed by atoms with Gasteiger partial charge in [0, 0.05) is 29.0 Å². The number of carbonyl (C=O) groups is 1. The Morgan fingerprint density at radius 3 is 2.34 bits per heavy atom. The molecule has 0 aliphatic heterocycles. The van der Waals surface area contributed by atoms with E-state index in [1.54, 1.807) is 31.4 Å². The minimum Gasteiger partial charge on any atom is -0.497 e. The third kappa shape index (κ3) is 7.41. The van der Waals surface area contributed by atoms with E-state index in [0.717, 1.165) is 11.1 Å². The zero-order valence-corrected chi connectivity index (χ0v) is 24.5. The predicted octanol–water partition coefficient (Wildman–Crippen LogP) is 7.98. The number of ether oxygens (including phenoxy) is 1. The SMILES string of the molecule is COc1cccc(NC(=O)NC(Cc2ccccc2)c2nnc(SCc3ccccc3)n2-c2ccc(Cl)cc2Cl)c1. The summed E-state index contributed by atoms with van der Waals surface area (Å²) in [6, 6.07) is 31.5. The zero-order valence-electron chi connectivity index (χ0n) is 22.1. The molecule has 208 valence electrons. The Morgan fingerprint density at radius 2 is 1.63 bits per heavy atom. The molecule has 4 aromatic carbocycles. The van der Waals surface area contributed by atoms with Crippen molar-refractivity contribution in [3.8, 4) is 11.4 Å². The summed E-state index contributed by atoms with van der Waals surface area (Å²) < 4.78 is 7.18. The lowest BCUT2D eigenvalue weighted by Gasteiger charge is -2.21. The number of hydrogen-bond donors (Lipinski definition) is 2. The molecule has 0 saturated heterocycles. The molecule has 0 radical (unpaired) electrons. The highest BCUT2D eigenvalue weighted by atomic mass is 35.5. The van der Waals surface area contributed by atoms with E-state index in [-0.39, 0.29) is 0 Å². The van der Waals surface area contributed by atoms with Crippen molar-refractivity contribution in [2.45, 2.75) is 23.4 Å². The highest BCUT2D eigenvalue weighted by molar-refractivity contribution is 7.98. The van der Waals surface area contributed by atoms with Crippen LogP contribution in [0.25, 0.3) is 5.69 Å². The molecule has 2 amide bonds. The summed E-state index contributed by atoms with van der Waals surface area (Å²) in [5, 5.41) is 16.7. The molecule has 1 heterocycles. The van der Waals surface area contributed by atoms with Crippen LogP contribution in [0.1, 0.15) is 23.0 Å². The Balaban J connectivity index is 1.52. The Bertz CT molecular complexity index is 1620. The maximum Gasteiger partial charge on any atom is 0.319 e. The molecule has 1 atom stereocenters. The highest BCUT2D eigenvalue weighted by Crippen LogP contribution is 2.33. The Morgan fingerprint density at radius 1 is 0.902 bits per heavy atom. The van der Waals surface area contributed by atoms with Crippen LogP contribution in [0, 0.1) is 0 Å². The number of rotatable bonds is 10. The molecule has 0 saturated carbocycles. The van der Waals surface area contributed by atoms with E-state index in [1.165, 1.54) is 11.8 Å². The third-order valence-electron chi connectivity index (χ3n) is 6.25. The summed E-state index contributed by atoms with van der Waals surface area (Å²) in [6.45, 7) is 0. The molecule has 41 heavy (non-hydrogen) atoms. The van der Waals surface area contributed by atoms with Crippen molar-refractivity contribution in [1.29, 1.82) is 0 Å². The molecule has 7 nitrogen and oxygen atoms in total. The maximum atomic E-state index is 13.3. The number of aromatic nitrogens is 3. The largest absolute Gasteiger partial charge is 0.497 e. The van der Waals surface area contributed by atoms with E-state index >= 15 is 0 Å². The molecule has 0 fully saturated rings. The van der Waals surface area contributed by atoms with Gasteiger partial charge in [-0.15, -0.1) is 10.2 Å². The second kappa shape index (κ2) is 13.6. The molecular formula is C31H27Cl2N5O2S. The molecule has 5 aromatic rings. The fourth-order valence-corrected chi connectivity index (χ4v) is 5.70. The van der Waals surface area contributed by atoms with Crippen LogP contribution in [0.2, 0.25) is 10.0 Å². The summed E-state index contributed by atoms with van der Waals surface area (Å²) in [5.74, 6) is 1.85. The van der Waals surface area contributed by atoms with Crippen LogP contribution < -0.4 is 15.4 Å². The fourth-order valence-electron chi connectivity index (χ4n) is 4.29. The number of urea groups is 1. The number of halogens is 2.